The molecule has 0 radical (unpaired) electrons. The Bertz CT molecular complexity index is 1860. The topological polar surface area (TPSA) is 127 Å². The number of aromatic amines is 1. The molecule has 0 spiro atoms. The number of pyridine rings is 1. The van der Waals surface area contributed by atoms with Gasteiger partial charge in [-0.1, -0.05) is 86.7 Å². The minimum atomic E-state index is -0.728. The zero-order chi connectivity index (χ0) is 35.4. The number of H-pyrrole nitrogens is 1. The fourth-order valence-electron chi connectivity index (χ4n) is 9.35. The van der Waals surface area contributed by atoms with E-state index in [1.807, 2.05) is 42.5 Å². The molecule has 1 amide bonds. The second-order valence-corrected chi connectivity index (χ2v) is 15.0. The second kappa shape index (κ2) is 15.6. The number of hydrogen-bond donors (Lipinski definition) is 5. The summed E-state index contributed by atoms with van der Waals surface area (Å²) in [5, 5.41) is 27.9. The zero-order valence-corrected chi connectivity index (χ0v) is 29.7. The summed E-state index contributed by atoms with van der Waals surface area (Å²) in [5.41, 5.74) is 3.32. The molecule has 7 rings (SSSR count). The van der Waals surface area contributed by atoms with Gasteiger partial charge in [0.1, 0.15) is 11.4 Å². The molecule has 9 nitrogen and oxygen atoms in total. The van der Waals surface area contributed by atoms with Gasteiger partial charge in [-0.3, -0.25) is 10.1 Å². The van der Waals surface area contributed by atoms with Crippen LogP contribution in [0.3, 0.4) is 0 Å². The van der Waals surface area contributed by atoms with Gasteiger partial charge in [0.15, 0.2) is 0 Å². The molecule has 3 aromatic carbocycles. The number of carbonyl (C=O) groups excluding carboxylic acids is 1. The average molecular weight is 693 g/mol. The first-order chi connectivity index (χ1) is 24.9. The van der Waals surface area contributed by atoms with Crippen LogP contribution in [0.1, 0.15) is 75.9 Å². The fraction of sp³-hybridized carbons (Fsp3) is 0.476. The lowest BCUT2D eigenvalue weighted by Gasteiger charge is -2.32. The Balaban J connectivity index is 0.774. The van der Waals surface area contributed by atoms with Gasteiger partial charge >= 0.3 is 6.09 Å². The lowest BCUT2D eigenvalue weighted by Crippen LogP contribution is -2.41. The van der Waals surface area contributed by atoms with Crippen LogP contribution in [-0.4, -0.2) is 64.5 Å². The van der Waals surface area contributed by atoms with E-state index in [0.29, 0.717) is 46.8 Å². The zero-order valence-electron chi connectivity index (χ0n) is 29.7. The largest absolute Gasteiger partial charge is 0.506 e. The van der Waals surface area contributed by atoms with Crippen molar-refractivity contribution >= 4 is 22.7 Å². The van der Waals surface area contributed by atoms with Crippen molar-refractivity contribution in [1.82, 2.24) is 15.2 Å². The first kappa shape index (κ1) is 35.2. The van der Waals surface area contributed by atoms with Crippen molar-refractivity contribution in [3.05, 3.63) is 94.8 Å². The van der Waals surface area contributed by atoms with E-state index in [0.717, 1.165) is 55.6 Å². The van der Waals surface area contributed by atoms with Crippen molar-refractivity contribution in [1.29, 1.82) is 0 Å². The normalized spacial score (nSPS) is 23.7. The number of anilines is 1. The van der Waals surface area contributed by atoms with Gasteiger partial charge in [-0.05, 0) is 87.5 Å². The van der Waals surface area contributed by atoms with Crippen LogP contribution >= 0.6 is 0 Å². The Morgan fingerprint density at radius 2 is 1.67 bits per heavy atom. The molecule has 2 bridgehead atoms. The van der Waals surface area contributed by atoms with E-state index in [1.165, 1.54) is 50.7 Å². The number of para-hydroxylation sites is 1. The number of aliphatic hydroxyl groups is 1. The Labute approximate surface area is 300 Å². The van der Waals surface area contributed by atoms with Gasteiger partial charge in [0.2, 0.25) is 5.56 Å². The molecule has 1 aromatic heterocycles. The van der Waals surface area contributed by atoms with E-state index in [-0.39, 0.29) is 23.0 Å². The number of benzene rings is 3. The summed E-state index contributed by atoms with van der Waals surface area (Å²) < 4.78 is 6.33. The molecule has 0 saturated heterocycles. The van der Waals surface area contributed by atoms with Crippen LogP contribution in [-0.2, 0) is 4.74 Å². The number of unbranched alkanes of at least 4 members (excludes halogenated alkanes) is 6. The van der Waals surface area contributed by atoms with E-state index in [1.54, 1.807) is 12.1 Å². The number of phenols is 1. The molecule has 5 N–H and O–H groups in total. The number of nitrogens with zero attached hydrogens (tertiary/aromatic N) is 1. The number of fused-ring (bicyclic) bond motifs is 6. The molecule has 6 atom stereocenters. The number of amides is 1. The predicted octanol–water partition coefficient (Wildman–Crippen LogP) is 7.60. The van der Waals surface area contributed by atoms with E-state index in [2.05, 4.69) is 39.7 Å². The average Bonchev–Trinajstić information content (AvgIpc) is 3.62. The van der Waals surface area contributed by atoms with Gasteiger partial charge in [-0.2, -0.15) is 0 Å². The number of rotatable bonds is 17. The molecule has 4 aromatic rings. The summed E-state index contributed by atoms with van der Waals surface area (Å²) in [7, 11) is 2.28. The Hall–Kier alpha value is -4.18. The van der Waals surface area contributed by atoms with Crippen LogP contribution in [0.2, 0.25) is 0 Å². The lowest BCUT2D eigenvalue weighted by atomic mass is 9.96. The SMILES string of the molecule is CN(CCCCCCCCCNC[C@H](O)c1ccc(O)c2[nH]c(=O)ccc12)C1C2CCC1C1(OC(=O)Nc3ccccc3-c3ccccc3)CC21. The van der Waals surface area contributed by atoms with Crippen molar-refractivity contribution in [2.75, 3.05) is 32.0 Å². The van der Waals surface area contributed by atoms with E-state index in [4.69, 9.17) is 4.74 Å². The highest BCUT2D eigenvalue weighted by Crippen LogP contribution is 2.71. The molecule has 0 aliphatic heterocycles. The van der Waals surface area contributed by atoms with Crippen molar-refractivity contribution < 1.29 is 19.7 Å². The third-order valence-electron chi connectivity index (χ3n) is 11.8. The van der Waals surface area contributed by atoms with Crippen LogP contribution < -0.4 is 16.2 Å². The third-order valence-corrected chi connectivity index (χ3v) is 11.8. The van der Waals surface area contributed by atoms with E-state index >= 15 is 0 Å². The summed E-state index contributed by atoms with van der Waals surface area (Å²) in [6.45, 7) is 2.35. The highest BCUT2D eigenvalue weighted by Gasteiger charge is 2.76. The van der Waals surface area contributed by atoms with Crippen molar-refractivity contribution in [2.45, 2.75) is 82.0 Å². The molecular weight excluding hydrogens is 640 g/mol. The van der Waals surface area contributed by atoms with Crippen LogP contribution in [0.4, 0.5) is 10.5 Å². The van der Waals surface area contributed by atoms with Crippen LogP contribution in [0.15, 0.2) is 83.7 Å². The summed E-state index contributed by atoms with van der Waals surface area (Å²) in [6, 6.07) is 24.9. The molecule has 1 heterocycles. The molecule has 9 heteroatoms. The smallest absolute Gasteiger partial charge is 0.412 e. The quantitative estimate of drug-likeness (QED) is 0.0722. The number of aliphatic hydroxyl groups excluding tert-OH is 1. The van der Waals surface area contributed by atoms with E-state index in [9.17, 15) is 19.8 Å². The second-order valence-electron chi connectivity index (χ2n) is 15.0. The highest BCUT2D eigenvalue weighted by molar-refractivity contribution is 5.92. The first-order valence-corrected chi connectivity index (χ1v) is 18.9. The molecule has 3 aliphatic rings. The maximum absolute atomic E-state index is 13.3. The minimum Gasteiger partial charge on any atom is -0.506 e. The maximum Gasteiger partial charge on any atom is 0.412 e. The number of hydrogen-bond acceptors (Lipinski definition) is 7. The van der Waals surface area contributed by atoms with Gasteiger partial charge in [0, 0.05) is 41.4 Å². The number of phenolic OH excluding ortho intramolecular Hbond substituents is 1. The molecule has 3 aliphatic carbocycles. The molecule has 270 valence electrons. The van der Waals surface area contributed by atoms with Crippen molar-refractivity contribution in [3.8, 4) is 16.9 Å². The fourth-order valence-corrected chi connectivity index (χ4v) is 9.35. The van der Waals surface area contributed by atoms with Gasteiger partial charge in [-0.15, -0.1) is 0 Å². The number of aromatic nitrogens is 1. The predicted molar refractivity (Wildman–Crippen MR) is 202 cm³/mol. The molecule has 3 fully saturated rings. The van der Waals surface area contributed by atoms with Crippen LogP contribution in [0.5, 0.6) is 5.75 Å². The molecule has 51 heavy (non-hydrogen) atoms. The molecule has 3 saturated carbocycles. The van der Waals surface area contributed by atoms with Gasteiger partial charge in [-0.25, -0.2) is 4.79 Å². The Morgan fingerprint density at radius 3 is 2.49 bits per heavy atom. The minimum absolute atomic E-state index is 0.000625. The maximum atomic E-state index is 13.3. The third kappa shape index (κ3) is 7.57. The summed E-state index contributed by atoms with van der Waals surface area (Å²) >= 11 is 0. The van der Waals surface area contributed by atoms with Crippen LogP contribution in [0, 0.1) is 17.8 Å². The molecule has 5 unspecified atom stereocenters. The van der Waals surface area contributed by atoms with Gasteiger partial charge < -0.3 is 30.2 Å². The van der Waals surface area contributed by atoms with Gasteiger partial charge in [0.05, 0.1) is 17.3 Å². The van der Waals surface area contributed by atoms with E-state index < -0.39 is 6.10 Å². The molecular formula is C42H52N4O5. The summed E-state index contributed by atoms with van der Waals surface area (Å²) in [5.74, 6) is 1.55. The number of carbonyl (C=O) groups is 1. The first-order valence-electron chi connectivity index (χ1n) is 18.9. The van der Waals surface area contributed by atoms with Crippen molar-refractivity contribution in [2.24, 2.45) is 17.8 Å². The monoisotopic (exact) mass is 692 g/mol. The van der Waals surface area contributed by atoms with Gasteiger partial charge in [0.25, 0.3) is 0 Å². The summed E-state index contributed by atoms with van der Waals surface area (Å²) in [6.07, 6.45) is 10.7. The number of aromatic hydroxyl groups is 1. The number of nitrogens with one attached hydrogen (secondary N) is 3. The number of ether oxygens (including phenoxy) is 1. The van der Waals surface area contributed by atoms with Crippen molar-refractivity contribution in [3.63, 3.8) is 0 Å². The lowest BCUT2D eigenvalue weighted by molar-refractivity contribution is 0.0356. The van der Waals surface area contributed by atoms with Crippen LogP contribution in [0.25, 0.3) is 22.0 Å². The Kier molecular flexibility index (Phi) is 10.8. The Morgan fingerprint density at radius 1 is 0.922 bits per heavy atom. The highest BCUT2D eigenvalue weighted by atomic mass is 16.6. The standard InChI is InChI=1S/C42H52N4O5/c1-46(25-13-6-4-2-3-5-12-24-43-27-37(48)30-19-22-36(47)39-31(30)20-23-38(49)45-39)40-32-18-21-33(40)42(26-34(32)42)51-41(50)44-35-17-11-10-16-29(35)28-14-8-7-9-15-28/h7-11,14-17,19-20,22-23,32-34,37,40,43,47-48H,2-6,12-13,18,21,24-27H2,1H3,(H,44,50)(H,45,49)/t32?,33?,34?,37-,40?,42?/m0/s1. The summed E-state index contributed by atoms with van der Waals surface area (Å²) in [4.78, 5) is 30.1.